The van der Waals surface area contributed by atoms with Gasteiger partial charge in [0.2, 0.25) is 0 Å². The predicted octanol–water partition coefficient (Wildman–Crippen LogP) is 3.93. The van der Waals surface area contributed by atoms with Crippen molar-refractivity contribution in [2.75, 3.05) is 0 Å². The van der Waals surface area contributed by atoms with Crippen molar-refractivity contribution in [2.24, 2.45) is 0 Å². The number of benzene rings is 1. The van der Waals surface area contributed by atoms with Gasteiger partial charge in [0.15, 0.2) is 0 Å². The van der Waals surface area contributed by atoms with E-state index in [0.29, 0.717) is 5.75 Å². The highest BCUT2D eigenvalue weighted by atomic mass is 31.2. The van der Waals surface area contributed by atoms with Crippen LogP contribution in [0.2, 0.25) is 0 Å². The van der Waals surface area contributed by atoms with Gasteiger partial charge < -0.3 is 19.8 Å². The molecule has 1 aromatic carbocycles. The summed E-state index contributed by atoms with van der Waals surface area (Å²) in [4.78, 5) is 21.6. The predicted molar refractivity (Wildman–Crippen MR) is 88.8 cm³/mol. The number of aromatic hydroxyl groups is 1. The molecule has 0 aliphatic carbocycles. The first kappa shape index (κ1) is 21.1. The molecule has 22 heavy (non-hydrogen) atoms. The zero-order valence-corrected chi connectivity index (χ0v) is 14.4. The van der Waals surface area contributed by atoms with Gasteiger partial charge in [-0.1, -0.05) is 51.7 Å². The molecule has 0 spiro atoms. The zero-order valence-electron chi connectivity index (χ0n) is 13.5. The summed E-state index contributed by atoms with van der Waals surface area (Å²) in [6.07, 6.45) is 9.59. The van der Waals surface area contributed by atoms with Gasteiger partial charge in [-0.3, -0.25) is 0 Å². The highest BCUT2D eigenvalue weighted by molar-refractivity contribution is 7.45. The molecule has 0 saturated heterocycles. The van der Waals surface area contributed by atoms with Crippen molar-refractivity contribution >= 4 is 7.82 Å². The summed E-state index contributed by atoms with van der Waals surface area (Å²) < 4.78 is 8.88. The van der Waals surface area contributed by atoms with Crippen LogP contribution in [0.5, 0.6) is 5.75 Å². The Kier molecular flexibility index (Phi) is 11.2. The minimum absolute atomic E-state index is 0.495. The van der Waals surface area contributed by atoms with E-state index in [1.54, 1.807) is 0 Å². The molecule has 1 rings (SSSR count). The van der Waals surface area contributed by atoms with E-state index < -0.39 is 7.82 Å². The molecule has 5 nitrogen and oxygen atoms in total. The lowest BCUT2D eigenvalue weighted by atomic mass is 9.96. The average molecular weight is 332 g/mol. The molecule has 0 amide bonds. The maximum atomic E-state index is 9.95. The van der Waals surface area contributed by atoms with E-state index in [9.17, 15) is 5.11 Å². The van der Waals surface area contributed by atoms with Gasteiger partial charge >= 0.3 is 7.82 Å². The van der Waals surface area contributed by atoms with E-state index in [-0.39, 0.29) is 0 Å². The first-order chi connectivity index (χ1) is 10.3. The molecule has 6 heteroatoms. The molecule has 0 saturated carbocycles. The third kappa shape index (κ3) is 11.8. The molecule has 0 bridgehead atoms. The van der Waals surface area contributed by atoms with Gasteiger partial charge in [-0.2, -0.15) is 0 Å². The quantitative estimate of drug-likeness (QED) is 0.427. The van der Waals surface area contributed by atoms with Crippen molar-refractivity contribution in [3.63, 3.8) is 0 Å². The molecule has 0 aliphatic heterocycles. The molecule has 0 unspecified atom stereocenters. The number of hydrogen-bond acceptors (Lipinski definition) is 2. The lowest BCUT2D eigenvalue weighted by Gasteiger charge is -2.11. The second-order valence-electron chi connectivity index (χ2n) is 5.34. The van der Waals surface area contributed by atoms with E-state index in [2.05, 4.69) is 19.9 Å². The van der Waals surface area contributed by atoms with Crippen LogP contribution < -0.4 is 0 Å². The monoisotopic (exact) mass is 332 g/mol. The summed E-state index contributed by atoms with van der Waals surface area (Å²) in [5, 5.41) is 9.95. The number of phenols is 1. The number of hydrogen-bond donors (Lipinski definition) is 4. The Balaban J connectivity index is 0.000000763. The minimum Gasteiger partial charge on any atom is -0.508 e. The van der Waals surface area contributed by atoms with Crippen LogP contribution in [-0.4, -0.2) is 19.8 Å². The fourth-order valence-corrected chi connectivity index (χ4v) is 2.26. The number of aryl methyl sites for hydroxylation is 1. The van der Waals surface area contributed by atoms with Crippen LogP contribution in [0.15, 0.2) is 18.2 Å². The maximum Gasteiger partial charge on any atom is 0.466 e. The molecule has 0 aromatic heterocycles. The topological polar surface area (TPSA) is 98.0 Å². The highest BCUT2D eigenvalue weighted by Gasteiger charge is 2.07. The normalized spacial score (nSPS) is 11.0. The molecule has 0 atom stereocenters. The van der Waals surface area contributed by atoms with Crippen LogP contribution in [-0.2, 0) is 17.4 Å². The maximum absolute atomic E-state index is 9.95. The third-order valence-electron chi connectivity index (χ3n) is 3.33. The lowest BCUT2D eigenvalue weighted by molar-refractivity contribution is 0.275. The van der Waals surface area contributed by atoms with E-state index in [4.69, 9.17) is 19.2 Å². The number of phenolic OH excluding ortho intramolecular Hbond substituents is 1. The van der Waals surface area contributed by atoms with Crippen LogP contribution in [0.3, 0.4) is 0 Å². The van der Waals surface area contributed by atoms with Gasteiger partial charge in [-0.25, -0.2) is 4.57 Å². The first-order valence-electron chi connectivity index (χ1n) is 7.87. The number of rotatable bonds is 8. The van der Waals surface area contributed by atoms with Gasteiger partial charge in [0.05, 0.1) is 0 Å². The van der Waals surface area contributed by atoms with Crippen molar-refractivity contribution in [3.05, 3.63) is 29.3 Å². The van der Waals surface area contributed by atoms with Gasteiger partial charge in [-0.15, -0.1) is 0 Å². The van der Waals surface area contributed by atoms with Crippen LogP contribution in [0.4, 0.5) is 0 Å². The molecule has 4 N–H and O–H groups in total. The lowest BCUT2D eigenvalue weighted by Crippen LogP contribution is -1.96. The largest absolute Gasteiger partial charge is 0.508 e. The molecule has 0 aliphatic rings. The fraction of sp³-hybridized carbons (Fsp3) is 0.625. The Bertz CT molecular complexity index is 448. The summed E-state index contributed by atoms with van der Waals surface area (Å²) in [7, 11) is -4.64. The Labute approximate surface area is 133 Å². The van der Waals surface area contributed by atoms with Crippen LogP contribution >= 0.6 is 7.82 Å². The Morgan fingerprint density at radius 2 is 1.41 bits per heavy atom. The van der Waals surface area contributed by atoms with Crippen molar-refractivity contribution < 1.29 is 24.4 Å². The molecule has 0 fully saturated rings. The summed E-state index contributed by atoms with van der Waals surface area (Å²) in [6.45, 7) is 4.44. The minimum atomic E-state index is -4.64. The summed E-state index contributed by atoms with van der Waals surface area (Å²) >= 11 is 0. The van der Waals surface area contributed by atoms with E-state index in [1.807, 2.05) is 12.1 Å². The van der Waals surface area contributed by atoms with E-state index >= 15 is 0 Å². The fourth-order valence-electron chi connectivity index (χ4n) is 2.26. The van der Waals surface area contributed by atoms with Crippen LogP contribution in [0.25, 0.3) is 0 Å². The summed E-state index contributed by atoms with van der Waals surface area (Å²) in [5.74, 6) is 0.495. The molecular formula is C16H29O5P. The smallest absolute Gasteiger partial charge is 0.466 e. The van der Waals surface area contributed by atoms with Gasteiger partial charge in [-0.05, 0) is 42.9 Å². The van der Waals surface area contributed by atoms with Crippen LogP contribution in [0, 0.1) is 0 Å². The van der Waals surface area contributed by atoms with E-state index in [1.165, 1.54) is 49.7 Å². The Morgan fingerprint density at radius 3 is 1.91 bits per heavy atom. The second-order valence-corrected chi connectivity index (χ2v) is 6.37. The first-order valence-corrected chi connectivity index (χ1v) is 9.44. The third-order valence-corrected chi connectivity index (χ3v) is 3.33. The molecule has 1 aromatic rings. The van der Waals surface area contributed by atoms with Crippen molar-refractivity contribution in [3.8, 4) is 5.75 Å². The standard InChI is InChI=1S/C16H26O.H3O4P/c1-3-5-7-10-14-11-9-13-16(17)15(14)12-8-6-4-2;1-5(2,3)4/h9,11,13,17H,3-8,10,12H2,1-2H3;(H3,1,2,3,4). The molecule has 0 radical (unpaired) electrons. The van der Waals surface area contributed by atoms with Crippen LogP contribution in [0.1, 0.15) is 63.5 Å². The molecule has 0 heterocycles. The summed E-state index contributed by atoms with van der Waals surface area (Å²) in [5.41, 5.74) is 2.55. The number of phosphoric acid groups is 1. The van der Waals surface area contributed by atoms with Crippen molar-refractivity contribution in [2.45, 2.75) is 65.2 Å². The second kappa shape index (κ2) is 11.7. The van der Waals surface area contributed by atoms with Gasteiger partial charge in [0.25, 0.3) is 0 Å². The highest BCUT2D eigenvalue weighted by Crippen LogP contribution is 2.26. The molecule has 128 valence electrons. The average Bonchev–Trinajstić information content (AvgIpc) is 2.40. The van der Waals surface area contributed by atoms with Crippen molar-refractivity contribution in [1.82, 2.24) is 0 Å². The summed E-state index contributed by atoms with van der Waals surface area (Å²) in [6, 6.07) is 5.97. The zero-order chi connectivity index (χ0) is 17.0. The van der Waals surface area contributed by atoms with Crippen molar-refractivity contribution in [1.29, 1.82) is 0 Å². The Hall–Kier alpha value is -0.870. The van der Waals surface area contributed by atoms with Gasteiger partial charge in [0, 0.05) is 0 Å². The SMILES string of the molecule is CCCCCc1cccc(O)c1CCCCC.O=P(O)(O)O. The van der Waals surface area contributed by atoms with E-state index in [0.717, 1.165) is 12.8 Å². The Morgan fingerprint density at radius 1 is 0.909 bits per heavy atom. The number of unbranched alkanes of at least 4 members (excludes halogenated alkanes) is 4. The van der Waals surface area contributed by atoms with Gasteiger partial charge in [0.1, 0.15) is 5.75 Å². The molecular weight excluding hydrogens is 303 g/mol.